The highest BCUT2D eigenvalue weighted by atomic mass is 16.5. The van der Waals surface area contributed by atoms with Crippen LogP contribution in [-0.2, 0) is 6.54 Å². The van der Waals surface area contributed by atoms with Crippen LogP contribution in [0.3, 0.4) is 0 Å². The fraction of sp³-hybridized carbons (Fsp3) is 0.167. The van der Waals surface area contributed by atoms with Gasteiger partial charge in [0.15, 0.2) is 5.69 Å². The lowest BCUT2D eigenvalue weighted by Gasteiger charge is -2.02. The number of carbonyl (C=O) groups excluding carboxylic acids is 1. The molecule has 1 heterocycles. The molecule has 0 bridgehead atoms. The highest BCUT2D eigenvalue weighted by molar-refractivity contribution is 5.99. The van der Waals surface area contributed by atoms with Crippen molar-refractivity contribution in [3.63, 3.8) is 0 Å². The number of azo groups is 1. The zero-order chi connectivity index (χ0) is 18.0. The van der Waals surface area contributed by atoms with Crippen molar-refractivity contribution in [2.45, 2.75) is 13.5 Å². The van der Waals surface area contributed by atoms with Crippen molar-refractivity contribution in [3.05, 3.63) is 48.0 Å². The first-order valence-corrected chi connectivity index (χ1v) is 7.70. The number of nitrogens with zero attached hydrogens (tertiary/aromatic N) is 3. The fourth-order valence-electron chi connectivity index (χ4n) is 2.65. The summed E-state index contributed by atoms with van der Waals surface area (Å²) < 4.78 is 6.87. The van der Waals surface area contributed by atoms with Crippen LogP contribution in [0.1, 0.15) is 17.3 Å². The molecule has 0 unspecified atom stereocenters. The van der Waals surface area contributed by atoms with Gasteiger partial charge in [0.1, 0.15) is 11.5 Å². The van der Waals surface area contributed by atoms with Crippen molar-refractivity contribution in [2.24, 2.45) is 10.2 Å². The van der Waals surface area contributed by atoms with Crippen molar-refractivity contribution in [3.8, 4) is 17.4 Å². The van der Waals surface area contributed by atoms with Crippen LogP contribution in [0, 0.1) is 0 Å². The minimum Gasteiger partial charge on any atom is -0.507 e. The van der Waals surface area contributed by atoms with Gasteiger partial charge in [0.2, 0.25) is 5.88 Å². The number of amides is 1. The largest absolute Gasteiger partial charge is 0.507 e. The molecule has 3 aromatic rings. The Morgan fingerprint density at radius 1 is 1.20 bits per heavy atom. The number of carbonyl (C=O) groups is 1. The summed E-state index contributed by atoms with van der Waals surface area (Å²) >= 11 is 0. The summed E-state index contributed by atoms with van der Waals surface area (Å²) in [6, 6.07) is 11.4. The minimum absolute atomic E-state index is 0.0440. The van der Waals surface area contributed by atoms with Crippen molar-refractivity contribution < 1.29 is 19.7 Å². The normalized spacial score (nSPS) is 11.3. The molecule has 128 valence electrons. The quantitative estimate of drug-likeness (QED) is 0.702. The average molecular weight is 339 g/mol. The molecule has 0 aliphatic rings. The number of aromatic nitrogens is 1. The van der Waals surface area contributed by atoms with E-state index in [0.29, 0.717) is 17.7 Å². The fourth-order valence-corrected chi connectivity index (χ4v) is 2.65. The first-order chi connectivity index (χ1) is 12.1. The number of fused-ring (bicyclic) bond motifs is 1. The van der Waals surface area contributed by atoms with Gasteiger partial charge in [0.05, 0.1) is 18.2 Å². The van der Waals surface area contributed by atoms with E-state index in [9.17, 15) is 15.0 Å². The molecule has 0 spiro atoms. The molecule has 0 fully saturated rings. The molecular weight excluding hydrogens is 322 g/mol. The molecule has 2 aromatic carbocycles. The molecular formula is C18H17N3O4. The molecule has 0 saturated carbocycles. The molecule has 2 N–H and O–H groups in total. The number of hydrogen-bond acceptors (Lipinski definition) is 5. The van der Waals surface area contributed by atoms with Gasteiger partial charge in [0.25, 0.3) is 5.91 Å². The minimum atomic E-state index is -0.696. The molecule has 25 heavy (non-hydrogen) atoms. The Kier molecular flexibility index (Phi) is 4.38. The Morgan fingerprint density at radius 3 is 2.64 bits per heavy atom. The first-order valence-electron chi connectivity index (χ1n) is 7.70. The van der Waals surface area contributed by atoms with Gasteiger partial charge in [-0.05, 0) is 37.3 Å². The van der Waals surface area contributed by atoms with E-state index in [1.807, 2.05) is 6.92 Å². The molecule has 0 atom stereocenters. The number of phenols is 1. The van der Waals surface area contributed by atoms with Gasteiger partial charge in [-0.2, -0.15) is 0 Å². The predicted molar refractivity (Wildman–Crippen MR) is 92.8 cm³/mol. The predicted octanol–water partition coefficient (Wildman–Crippen LogP) is 4.01. The van der Waals surface area contributed by atoms with E-state index in [1.165, 1.54) is 12.1 Å². The van der Waals surface area contributed by atoms with Gasteiger partial charge in [-0.25, -0.2) is 0 Å². The lowest BCUT2D eigenvalue weighted by molar-refractivity contribution is 0.0992. The van der Waals surface area contributed by atoms with Gasteiger partial charge in [-0.3, -0.25) is 4.79 Å². The average Bonchev–Trinajstić information content (AvgIpc) is 2.90. The summed E-state index contributed by atoms with van der Waals surface area (Å²) in [5.41, 5.74) is 0.979. The second-order valence-electron chi connectivity index (χ2n) is 5.32. The van der Waals surface area contributed by atoms with Crippen molar-refractivity contribution in [1.29, 1.82) is 0 Å². The van der Waals surface area contributed by atoms with Gasteiger partial charge in [-0.15, -0.1) is 10.2 Å². The van der Waals surface area contributed by atoms with E-state index in [4.69, 9.17) is 4.74 Å². The summed E-state index contributed by atoms with van der Waals surface area (Å²) in [7, 11) is 1.54. The second-order valence-corrected chi connectivity index (χ2v) is 5.32. The van der Waals surface area contributed by atoms with Crippen molar-refractivity contribution >= 4 is 22.5 Å². The van der Waals surface area contributed by atoms with Gasteiger partial charge < -0.3 is 19.5 Å². The third-order valence-electron chi connectivity index (χ3n) is 3.91. The molecule has 7 nitrogen and oxygen atoms in total. The van der Waals surface area contributed by atoms with Crippen LogP contribution in [0.2, 0.25) is 0 Å². The summed E-state index contributed by atoms with van der Waals surface area (Å²) in [6.07, 6.45) is 0. The summed E-state index contributed by atoms with van der Waals surface area (Å²) in [5.74, 6) is -0.352. The Labute approximate surface area is 143 Å². The Hall–Kier alpha value is -3.35. The van der Waals surface area contributed by atoms with Crippen LogP contribution >= 0.6 is 0 Å². The van der Waals surface area contributed by atoms with E-state index in [2.05, 4.69) is 10.2 Å². The molecule has 1 aromatic heterocycles. The molecule has 0 saturated heterocycles. The van der Waals surface area contributed by atoms with Gasteiger partial charge in [0, 0.05) is 11.9 Å². The smallest absolute Gasteiger partial charge is 0.299 e. The second kappa shape index (κ2) is 6.64. The van der Waals surface area contributed by atoms with Gasteiger partial charge >= 0.3 is 0 Å². The number of ether oxygens (including phenoxy) is 1. The number of methoxy groups -OCH3 is 1. The highest BCUT2D eigenvalue weighted by Crippen LogP contribution is 2.40. The maximum absolute atomic E-state index is 12.2. The zero-order valence-corrected chi connectivity index (χ0v) is 13.8. The number of phenolic OH excluding ortho intramolecular Hbond substituents is 1. The summed E-state index contributed by atoms with van der Waals surface area (Å²) in [5, 5.41) is 28.3. The third-order valence-corrected chi connectivity index (χ3v) is 3.91. The molecule has 1 amide bonds. The van der Waals surface area contributed by atoms with E-state index >= 15 is 0 Å². The maximum atomic E-state index is 12.2. The highest BCUT2D eigenvalue weighted by Gasteiger charge is 2.17. The van der Waals surface area contributed by atoms with Crippen LogP contribution in [0.5, 0.6) is 17.4 Å². The van der Waals surface area contributed by atoms with Crippen LogP contribution in [0.4, 0.5) is 5.69 Å². The third kappa shape index (κ3) is 2.91. The van der Waals surface area contributed by atoms with E-state index in [0.717, 1.165) is 5.52 Å². The summed E-state index contributed by atoms with van der Waals surface area (Å²) in [4.78, 5) is 12.2. The Bertz CT molecular complexity index is 976. The molecule has 0 radical (unpaired) electrons. The van der Waals surface area contributed by atoms with Crippen molar-refractivity contribution in [1.82, 2.24) is 4.57 Å². The SMILES string of the molecule is CCn1c(O)c(N=NC(=O)c2ccccc2O)c2cc(OC)ccc21. The van der Waals surface area contributed by atoms with E-state index < -0.39 is 5.91 Å². The number of aromatic hydroxyl groups is 2. The molecule has 7 heteroatoms. The first kappa shape index (κ1) is 16.5. The number of rotatable bonds is 4. The molecule has 0 aliphatic heterocycles. The lowest BCUT2D eigenvalue weighted by Crippen LogP contribution is -1.93. The Balaban J connectivity index is 2.07. The zero-order valence-electron chi connectivity index (χ0n) is 13.8. The standard InChI is InChI=1S/C18H17N3O4/c1-3-21-14-9-8-11(25-2)10-13(14)16(18(21)24)19-20-17(23)12-6-4-5-7-15(12)22/h4-10,22,24H,3H2,1-2H3. The lowest BCUT2D eigenvalue weighted by atomic mass is 10.2. The maximum Gasteiger partial charge on any atom is 0.299 e. The number of benzene rings is 2. The monoisotopic (exact) mass is 339 g/mol. The van der Waals surface area contributed by atoms with E-state index in [1.54, 1.807) is 42.0 Å². The van der Waals surface area contributed by atoms with Crippen LogP contribution in [-0.4, -0.2) is 27.8 Å². The molecule has 3 rings (SSSR count). The van der Waals surface area contributed by atoms with Gasteiger partial charge in [-0.1, -0.05) is 12.1 Å². The van der Waals surface area contributed by atoms with Crippen molar-refractivity contribution in [2.75, 3.05) is 7.11 Å². The molecule has 0 aliphatic carbocycles. The summed E-state index contributed by atoms with van der Waals surface area (Å²) in [6.45, 7) is 2.41. The number of aryl methyl sites for hydroxylation is 1. The number of hydrogen-bond donors (Lipinski definition) is 2. The van der Waals surface area contributed by atoms with Crippen LogP contribution < -0.4 is 4.74 Å². The van der Waals surface area contributed by atoms with E-state index in [-0.39, 0.29) is 22.9 Å². The Morgan fingerprint density at radius 2 is 1.96 bits per heavy atom. The van der Waals surface area contributed by atoms with Crippen LogP contribution in [0.15, 0.2) is 52.7 Å². The van der Waals surface area contributed by atoms with Crippen LogP contribution in [0.25, 0.3) is 10.9 Å². The number of para-hydroxylation sites is 1. The topological polar surface area (TPSA) is 96.4 Å².